The van der Waals surface area contributed by atoms with Crippen LogP contribution in [0.3, 0.4) is 0 Å². The van der Waals surface area contributed by atoms with Gasteiger partial charge in [-0.1, -0.05) is 41.9 Å². The lowest BCUT2D eigenvalue weighted by molar-refractivity contribution is -0.0191. The maximum atomic E-state index is 6.53. The highest BCUT2D eigenvalue weighted by Crippen LogP contribution is 2.49. The summed E-state index contributed by atoms with van der Waals surface area (Å²) in [5, 5.41) is 7.77. The van der Waals surface area contributed by atoms with Crippen molar-refractivity contribution < 1.29 is 18.9 Å². The number of benzene rings is 4. The Kier molecular flexibility index (Phi) is 7.03. The molecule has 0 unspecified atom stereocenters. The van der Waals surface area contributed by atoms with Crippen LogP contribution in [-0.4, -0.2) is 24.4 Å². The van der Waals surface area contributed by atoms with Crippen molar-refractivity contribution in [2.24, 2.45) is 5.10 Å². The molecular formula is C32H29ClN2O4. The summed E-state index contributed by atoms with van der Waals surface area (Å²) >= 11 is 6.40. The summed E-state index contributed by atoms with van der Waals surface area (Å²) < 4.78 is 24.0. The van der Waals surface area contributed by atoms with Gasteiger partial charge in [-0.15, -0.1) is 0 Å². The van der Waals surface area contributed by atoms with E-state index in [1.807, 2.05) is 90.8 Å². The van der Waals surface area contributed by atoms with Crippen LogP contribution < -0.4 is 18.9 Å². The first-order chi connectivity index (χ1) is 19.1. The number of halogens is 1. The van der Waals surface area contributed by atoms with Crippen molar-refractivity contribution in [3.8, 4) is 23.0 Å². The summed E-state index contributed by atoms with van der Waals surface area (Å²) in [6.45, 7) is 3.06. The lowest BCUT2D eigenvalue weighted by atomic mass is 9.96. The molecular weight excluding hydrogens is 512 g/mol. The van der Waals surface area contributed by atoms with Crippen molar-refractivity contribution in [3.05, 3.63) is 118 Å². The molecule has 39 heavy (non-hydrogen) atoms. The van der Waals surface area contributed by atoms with E-state index in [-0.39, 0.29) is 6.04 Å². The fraction of sp³-hybridized carbons (Fsp3) is 0.219. The number of rotatable bonds is 8. The third-order valence-electron chi connectivity index (χ3n) is 6.96. The molecule has 2 atom stereocenters. The Balaban J connectivity index is 1.32. The highest BCUT2D eigenvalue weighted by Gasteiger charge is 2.41. The molecule has 2 aliphatic heterocycles. The monoisotopic (exact) mass is 540 g/mol. The van der Waals surface area contributed by atoms with Gasteiger partial charge in [0.15, 0.2) is 11.5 Å². The van der Waals surface area contributed by atoms with Gasteiger partial charge in [0, 0.05) is 22.6 Å². The lowest BCUT2D eigenvalue weighted by Gasteiger charge is -2.38. The largest absolute Gasteiger partial charge is 0.494 e. The molecule has 2 aliphatic rings. The van der Waals surface area contributed by atoms with Crippen LogP contribution in [0.25, 0.3) is 0 Å². The zero-order chi connectivity index (χ0) is 26.8. The molecule has 7 heteroatoms. The topological polar surface area (TPSA) is 52.5 Å². The fourth-order valence-corrected chi connectivity index (χ4v) is 5.24. The molecule has 6 rings (SSSR count). The van der Waals surface area contributed by atoms with Crippen LogP contribution in [0, 0.1) is 0 Å². The Labute approximate surface area is 233 Å². The second-order valence-corrected chi connectivity index (χ2v) is 9.88. The third kappa shape index (κ3) is 5.12. The zero-order valence-corrected chi connectivity index (χ0v) is 22.6. The summed E-state index contributed by atoms with van der Waals surface area (Å²) in [6.07, 6.45) is 0.289. The summed E-state index contributed by atoms with van der Waals surface area (Å²) in [6, 6.07) is 29.8. The average Bonchev–Trinajstić information content (AvgIpc) is 3.43. The summed E-state index contributed by atoms with van der Waals surface area (Å²) in [5.41, 5.74) is 5.07. The summed E-state index contributed by atoms with van der Waals surface area (Å²) in [7, 11) is 1.65. The highest BCUT2D eigenvalue weighted by molar-refractivity contribution is 6.30. The standard InChI is InChI=1S/C32H29ClN2O4/c1-3-37-25-13-9-22(10-14-25)27-19-28-26-18-24(33)12-16-29(26)39-32(35(28)34-27)23-11-15-30(31(17-23)36-2)38-20-21-7-5-4-6-8-21/h4-18,28,32H,3,19-20H2,1-2H3/t28-,32-/m0/s1. The first-order valence-electron chi connectivity index (χ1n) is 13.0. The van der Waals surface area contributed by atoms with Gasteiger partial charge >= 0.3 is 0 Å². The number of hydrogen-bond acceptors (Lipinski definition) is 6. The molecule has 4 aromatic carbocycles. The molecule has 0 N–H and O–H groups in total. The van der Waals surface area contributed by atoms with Gasteiger partial charge in [-0.3, -0.25) is 0 Å². The van der Waals surface area contributed by atoms with Crippen LogP contribution in [-0.2, 0) is 6.61 Å². The Hall–Kier alpha value is -4.16. The SMILES string of the molecule is CCOc1ccc(C2=NN3[C@@H](C2)c2cc(Cl)ccc2O[C@H]3c2ccc(OCc3ccccc3)c(OC)c2)cc1. The minimum atomic E-state index is -0.444. The summed E-state index contributed by atoms with van der Waals surface area (Å²) in [4.78, 5) is 0. The van der Waals surface area contributed by atoms with Crippen LogP contribution in [0.4, 0.5) is 0 Å². The lowest BCUT2D eigenvalue weighted by Crippen LogP contribution is -2.33. The molecule has 0 amide bonds. The van der Waals surface area contributed by atoms with Gasteiger partial charge in [0.05, 0.1) is 25.5 Å². The number of nitrogens with zero attached hydrogens (tertiary/aromatic N) is 2. The predicted molar refractivity (Wildman–Crippen MR) is 152 cm³/mol. The number of hydrazone groups is 1. The first kappa shape index (κ1) is 25.1. The van der Waals surface area contributed by atoms with Crippen LogP contribution in [0.2, 0.25) is 5.02 Å². The Morgan fingerprint density at radius 3 is 2.51 bits per heavy atom. The maximum absolute atomic E-state index is 6.53. The van der Waals surface area contributed by atoms with Gasteiger partial charge in [-0.05, 0) is 78.7 Å². The van der Waals surface area contributed by atoms with E-state index in [2.05, 4.69) is 12.1 Å². The molecule has 0 fully saturated rings. The van der Waals surface area contributed by atoms with Crippen molar-refractivity contribution in [1.82, 2.24) is 5.01 Å². The first-order valence-corrected chi connectivity index (χ1v) is 13.4. The maximum Gasteiger partial charge on any atom is 0.214 e. The van der Waals surface area contributed by atoms with Crippen molar-refractivity contribution in [1.29, 1.82) is 0 Å². The van der Waals surface area contributed by atoms with Crippen LogP contribution in [0.15, 0.2) is 96.1 Å². The quantitative estimate of drug-likeness (QED) is 0.231. The van der Waals surface area contributed by atoms with Crippen LogP contribution >= 0.6 is 11.6 Å². The number of fused-ring (bicyclic) bond motifs is 3. The van der Waals surface area contributed by atoms with Crippen molar-refractivity contribution in [2.75, 3.05) is 13.7 Å². The van der Waals surface area contributed by atoms with E-state index in [4.69, 9.17) is 35.6 Å². The minimum absolute atomic E-state index is 0.0148. The second-order valence-electron chi connectivity index (χ2n) is 9.44. The normalized spacial score (nSPS) is 17.5. The number of hydrogen-bond donors (Lipinski definition) is 0. The number of ether oxygens (including phenoxy) is 4. The van der Waals surface area contributed by atoms with E-state index in [0.29, 0.717) is 29.7 Å². The van der Waals surface area contributed by atoms with E-state index < -0.39 is 6.23 Å². The van der Waals surface area contributed by atoms with E-state index >= 15 is 0 Å². The molecule has 0 saturated heterocycles. The van der Waals surface area contributed by atoms with Crippen molar-refractivity contribution >= 4 is 17.3 Å². The molecule has 0 spiro atoms. The Bertz CT molecular complexity index is 1490. The molecule has 0 bridgehead atoms. The van der Waals surface area contributed by atoms with Crippen molar-refractivity contribution in [3.63, 3.8) is 0 Å². The molecule has 4 aromatic rings. The molecule has 0 aromatic heterocycles. The van der Waals surface area contributed by atoms with Gasteiger partial charge in [0.2, 0.25) is 6.23 Å². The van der Waals surface area contributed by atoms with Gasteiger partial charge in [0.25, 0.3) is 0 Å². The average molecular weight is 541 g/mol. The fourth-order valence-electron chi connectivity index (χ4n) is 5.06. The van der Waals surface area contributed by atoms with Gasteiger partial charge in [-0.25, -0.2) is 5.01 Å². The molecule has 0 radical (unpaired) electrons. The Morgan fingerprint density at radius 1 is 0.923 bits per heavy atom. The number of methoxy groups -OCH3 is 1. The van der Waals surface area contributed by atoms with E-state index in [1.165, 1.54) is 0 Å². The highest BCUT2D eigenvalue weighted by atomic mass is 35.5. The van der Waals surface area contributed by atoms with E-state index in [1.54, 1.807) is 7.11 Å². The van der Waals surface area contributed by atoms with Crippen LogP contribution in [0.5, 0.6) is 23.0 Å². The van der Waals surface area contributed by atoms with E-state index in [0.717, 1.165) is 45.9 Å². The summed E-state index contributed by atoms with van der Waals surface area (Å²) in [5.74, 6) is 2.96. The molecule has 2 heterocycles. The smallest absolute Gasteiger partial charge is 0.214 e. The van der Waals surface area contributed by atoms with Crippen LogP contribution in [0.1, 0.15) is 47.9 Å². The van der Waals surface area contributed by atoms with Gasteiger partial charge in [-0.2, -0.15) is 5.10 Å². The molecule has 0 saturated carbocycles. The third-order valence-corrected chi connectivity index (χ3v) is 7.20. The molecule has 6 nitrogen and oxygen atoms in total. The molecule has 0 aliphatic carbocycles. The van der Waals surface area contributed by atoms with Gasteiger partial charge in [0.1, 0.15) is 18.1 Å². The van der Waals surface area contributed by atoms with Gasteiger partial charge < -0.3 is 18.9 Å². The van der Waals surface area contributed by atoms with E-state index in [9.17, 15) is 0 Å². The minimum Gasteiger partial charge on any atom is -0.494 e. The predicted octanol–water partition coefficient (Wildman–Crippen LogP) is 7.57. The Morgan fingerprint density at radius 2 is 1.74 bits per heavy atom. The van der Waals surface area contributed by atoms with Crippen molar-refractivity contribution in [2.45, 2.75) is 32.2 Å². The molecule has 198 valence electrons. The second kappa shape index (κ2) is 10.9. The zero-order valence-electron chi connectivity index (χ0n) is 21.8.